The summed E-state index contributed by atoms with van der Waals surface area (Å²) in [6, 6.07) is 7.53. The third-order valence-corrected chi connectivity index (χ3v) is 9.99. The predicted octanol–water partition coefficient (Wildman–Crippen LogP) is 4.95. The molecule has 2 amide bonds. The van der Waals surface area contributed by atoms with E-state index in [-0.39, 0.29) is 18.7 Å². The molecule has 3 N–H and O–H groups in total. The lowest BCUT2D eigenvalue weighted by Crippen LogP contribution is -2.46. The van der Waals surface area contributed by atoms with Crippen LogP contribution in [-0.2, 0) is 21.1 Å². The van der Waals surface area contributed by atoms with Crippen LogP contribution in [0, 0.1) is 5.92 Å². The quantitative estimate of drug-likeness (QED) is 0.169. The van der Waals surface area contributed by atoms with Crippen LogP contribution in [0.4, 0.5) is 11.5 Å². The number of likely N-dealkylation sites (tertiary alicyclic amines) is 1. The Bertz CT molecular complexity index is 1640. The number of rotatable bonds is 8. The smallest absolute Gasteiger partial charge is 0.314 e. The molecule has 2 fully saturated rings. The van der Waals surface area contributed by atoms with Gasteiger partial charge in [-0.05, 0) is 49.3 Å². The van der Waals surface area contributed by atoms with Crippen LogP contribution in [0.2, 0.25) is 25.7 Å². The van der Waals surface area contributed by atoms with Crippen LogP contribution in [0.5, 0.6) is 0 Å². The van der Waals surface area contributed by atoms with E-state index in [1.54, 1.807) is 15.8 Å². The summed E-state index contributed by atoms with van der Waals surface area (Å²) in [5.41, 5.74) is 9.00. The Morgan fingerprint density at radius 3 is 2.71 bits per heavy atom. The third kappa shape index (κ3) is 5.91. The third-order valence-electron chi connectivity index (χ3n) is 8.29. The highest BCUT2D eigenvalue weighted by atomic mass is 28.3. The molecule has 0 radical (unpaired) electrons. The van der Waals surface area contributed by atoms with Crippen molar-refractivity contribution in [1.29, 1.82) is 0 Å². The van der Waals surface area contributed by atoms with E-state index in [1.807, 2.05) is 0 Å². The number of carbonyl (C=O) groups excluding carboxylic acids is 2. The number of pyridine rings is 1. The van der Waals surface area contributed by atoms with E-state index >= 15 is 0 Å². The normalized spacial score (nSPS) is 19.5. The van der Waals surface area contributed by atoms with E-state index < -0.39 is 19.9 Å². The van der Waals surface area contributed by atoms with E-state index in [0.717, 1.165) is 35.4 Å². The zero-order valence-corrected chi connectivity index (χ0v) is 25.8. The first-order valence-electron chi connectivity index (χ1n) is 14.9. The van der Waals surface area contributed by atoms with Gasteiger partial charge in [0.2, 0.25) is 0 Å². The fourth-order valence-corrected chi connectivity index (χ4v) is 6.41. The summed E-state index contributed by atoms with van der Waals surface area (Å²) in [4.78, 5) is 33.2. The number of benzene rings is 1. The largest absolute Gasteiger partial charge is 0.383 e. The molecule has 1 saturated carbocycles. The molecule has 222 valence electrons. The number of fused-ring (bicyclic) bond motifs is 2. The molecular weight excluding hydrogens is 548 g/mol. The van der Waals surface area contributed by atoms with Gasteiger partial charge < -0.3 is 20.7 Å². The minimum Gasteiger partial charge on any atom is -0.383 e. The molecule has 3 aromatic heterocycles. The van der Waals surface area contributed by atoms with E-state index in [4.69, 9.17) is 15.6 Å². The first kappa shape index (κ1) is 28.4. The highest BCUT2D eigenvalue weighted by molar-refractivity contribution is 6.76. The summed E-state index contributed by atoms with van der Waals surface area (Å²) in [5.74, 6) is -0.700. The standard InChI is InChI=1S/C30H40N8O3Si/c1-19-5-10-26(20-6-7-21-17-37(22-8-9-22)35-24(21)13-20)36(16-19)30(40)29(39)34-25-15-32-28(31)23-14-33-38(27(23)25)18-41-11-12-42(2,3)4/h6-7,13-15,17,19,22,26H,5,8-12,16,18H2,1-4H3,(H2,31,32)(H,34,39). The molecule has 6 rings (SSSR count). The van der Waals surface area contributed by atoms with E-state index in [0.29, 0.717) is 41.6 Å². The number of piperidine rings is 1. The average Bonchev–Trinajstić information content (AvgIpc) is 3.57. The Morgan fingerprint density at radius 2 is 1.95 bits per heavy atom. The second-order valence-corrected chi connectivity index (χ2v) is 18.7. The van der Waals surface area contributed by atoms with Crippen molar-refractivity contribution in [3.63, 3.8) is 0 Å². The lowest BCUT2D eigenvalue weighted by molar-refractivity contribution is -0.146. The van der Waals surface area contributed by atoms with Gasteiger partial charge in [0, 0.05) is 32.8 Å². The van der Waals surface area contributed by atoms with Gasteiger partial charge in [0.1, 0.15) is 12.5 Å². The fraction of sp³-hybridized carbons (Fsp3) is 0.500. The molecule has 42 heavy (non-hydrogen) atoms. The zero-order chi connectivity index (χ0) is 29.6. The molecular formula is C30H40N8O3Si. The van der Waals surface area contributed by atoms with E-state index in [1.165, 1.54) is 19.0 Å². The van der Waals surface area contributed by atoms with Gasteiger partial charge in [-0.2, -0.15) is 10.2 Å². The van der Waals surface area contributed by atoms with Crippen molar-refractivity contribution in [3.05, 3.63) is 42.4 Å². The number of ether oxygens (including phenoxy) is 1. The average molecular weight is 589 g/mol. The molecule has 1 aliphatic carbocycles. The number of nitrogens with two attached hydrogens (primary N) is 1. The van der Waals surface area contributed by atoms with Crippen molar-refractivity contribution < 1.29 is 14.3 Å². The molecule has 0 bridgehead atoms. The summed E-state index contributed by atoms with van der Waals surface area (Å²) >= 11 is 0. The zero-order valence-electron chi connectivity index (χ0n) is 24.8. The SMILES string of the molecule is CC1CCC(c2ccc3cn(C4CC4)nc3c2)N(C(=O)C(=O)Nc2cnc(N)c3cnn(COCC[Si](C)(C)C)c23)C1. The Kier molecular flexibility index (Phi) is 7.52. The molecule has 2 atom stereocenters. The molecule has 11 nitrogen and oxygen atoms in total. The van der Waals surface area contributed by atoms with Gasteiger partial charge in [0.05, 0.1) is 46.6 Å². The van der Waals surface area contributed by atoms with Gasteiger partial charge in [-0.3, -0.25) is 14.3 Å². The first-order chi connectivity index (χ1) is 20.1. The lowest BCUT2D eigenvalue weighted by atomic mass is 9.89. The van der Waals surface area contributed by atoms with Gasteiger partial charge in [-0.25, -0.2) is 9.67 Å². The fourth-order valence-electron chi connectivity index (χ4n) is 5.66. The number of hydrogen-bond acceptors (Lipinski definition) is 7. The van der Waals surface area contributed by atoms with Gasteiger partial charge in [-0.1, -0.05) is 38.7 Å². The number of anilines is 2. The van der Waals surface area contributed by atoms with Gasteiger partial charge in [0.15, 0.2) is 0 Å². The number of amides is 2. The number of carbonyl (C=O) groups is 2. The number of aromatic nitrogens is 5. The molecule has 4 aromatic rings. The van der Waals surface area contributed by atoms with Crippen LogP contribution in [0.25, 0.3) is 21.8 Å². The lowest BCUT2D eigenvalue weighted by Gasteiger charge is -2.38. The maximum atomic E-state index is 13.7. The summed E-state index contributed by atoms with van der Waals surface area (Å²) in [6.45, 7) is 10.3. The minimum absolute atomic E-state index is 0.204. The Balaban J connectivity index is 1.22. The maximum Gasteiger partial charge on any atom is 0.314 e. The van der Waals surface area contributed by atoms with Gasteiger partial charge in [-0.15, -0.1) is 0 Å². The van der Waals surface area contributed by atoms with Crippen molar-refractivity contribution >= 4 is 53.2 Å². The molecule has 1 aromatic carbocycles. The summed E-state index contributed by atoms with van der Waals surface area (Å²) in [7, 11) is -1.24. The maximum absolute atomic E-state index is 13.7. The predicted molar refractivity (Wildman–Crippen MR) is 166 cm³/mol. The molecule has 1 aliphatic heterocycles. The number of nitrogens with one attached hydrogen (secondary N) is 1. The second-order valence-electron chi connectivity index (χ2n) is 13.1. The minimum atomic E-state index is -1.24. The number of nitrogen functional groups attached to an aromatic ring is 1. The van der Waals surface area contributed by atoms with Crippen LogP contribution in [0.1, 0.15) is 50.3 Å². The van der Waals surface area contributed by atoms with Crippen LogP contribution >= 0.6 is 0 Å². The van der Waals surface area contributed by atoms with Crippen LogP contribution in [-0.4, -0.2) is 62.5 Å². The summed E-state index contributed by atoms with van der Waals surface area (Å²) in [6.07, 6.45) is 9.28. The van der Waals surface area contributed by atoms with Crippen molar-refractivity contribution in [2.75, 3.05) is 24.2 Å². The molecule has 4 heterocycles. The van der Waals surface area contributed by atoms with Crippen molar-refractivity contribution in [2.45, 2.75) is 77.1 Å². The van der Waals surface area contributed by atoms with Crippen LogP contribution in [0.3, 0.4) is 0 Å². The molecule has 2 aliphatic rings. The first-order valence-corrected chi connectivity index (χ1v) is 18.6. The topological polar surface area (TPSA) is 133 Å². The summed E-state index contributed by atoms with van der Waals surface area (Å²) in [5, 5.41) is 13.7. The molecule has 0 spiro atoms. The Hall–Kier alpha value is -3.77. The Labute approximate surface area is 246 Å². The van der Waals surface area contributed by atoms with Gasteiger partial charge in [0.25, 0.3) is 0 Å². The van der Waals surface area contributed by atoms with Crippen molar-refractivity contribution in [3.8, 4) is 0 Å². The monoisotopic (exact) mass is 588 g/mol. The second kappa shape index (κ2) is 11.1. The van der Waals surface area contributed by atoms with Crippen molar-refractivity contribution in [1.82, 2.24) is 29.4 Å². The molecule has 12 heteroatoms. The molecule has 1 saturated heterocycles. The number of nitrogens with zero attached hydrogens (tertiary/aromatic N) is 6. The van der Waals surface area contributed by atoms with Crippen molar-refractivity contribution in [2.24, 2.45) is 5.92 Å². The van der Waals surface area contributed by atoms with Crippen LogP contribution in [0.15, 0.2) is 36.8 Å². The highest BCUT2D eigenvalue weighted by Gasteiger charge is 2.35. The Morgan fingerprint density at radius 1 is 1.14 bits per heavy atom. The van der Waals surface area contributed by atoms with E-state index in [9.17, 15) is 9.59 Å². The number of hydrogen-bond donors (Lipinski definition) is 2. The van der Waals surface area contributed by atoms with E-state index in [2.05, 4.69) is 71.0 Å². The molecule has 2 unspecified atom stereocenters. The van der Waals surface area contributed by atoms with Crippen LogP contribution < -0.4 is 11.1 Å². The highest BCUT2D eigenvalue weighted by Crippen LogP contribution is 2.37. The summed E-state index contributed by atoms with van der Waals surface area (Å²) < 4.78 is 9.61. The van der Waals surface area contributed by atoms with Gasteiger partial charge >= 0.3 is 11.8 Å².